The normalized spacial score (nSPS) is 14.2. The van der Waals surface area contributed by atoms with E-state index in [1.165, 1.54) is 29.3 Å². The van der Waals surface area contributed by atoms with E-state index in [0.29, 0.717) is 11.3 Å². The predicted octanol–water partition coefficient (Wildman–Crippen LogP) is 3.10. The third-order valence-corrected chi connectivity index (χ3v) is 6.26. The van der Waals surface area contributed by atoms with Gasteiger partial charge in [0.05, 0.1) is 11.0 Å². The minimum absolute atomic E-state index is 0.0755. The topological polar surface area (TPSA) is 110 Å². The Morgan fingerprint density at radius 3 is 2.53 bits per heavy atom. The minimum atomic E-state index is -0.813. The molecule has 4 rings (SSSR count). The van der Waals surface area contributed by atoms with Crippen LogP contribution in [0.25, 0.3) is 0 Å². The van der Waals surface area contributed by atoms with Gasteiger partial charge in [0.15, 0.2) is 0 Å². The highest BCUT2D eigenvalue weighted by Crippen LogP contribution is 2.28. The number of nitro benzene ring substituents is 1. The lowest BCUT2D eigenvalue weighted by Crippen LogP contribution is -2.44. The molecule has 3 aromatic rings. The molecule has 34 heavy (non-hydrogen) atoms. The van der Waals surface area contributed by atoms with Crippen molar-refractivity contribution in [2.24, 2.45) is 7.05 Å². The molecule has 2 N–H and O–H groups in total. The first-order valence-corrected chi connectivity index (χ1v) is 11.1. The van der Waals surface area contributed by atoms with Crippen molar-refractivity contribution < 1.29 is 14.5 Å². The summed E-state index contributed by atoms with van der Waals surface area (Å²) in [6.45, 7) is 3.51. The number of nitrogens with zero attached hydrogens (tertiary/aromatic N) is 3. The molecule has 1 aromatic heterocycles. The second-order valence-electron chi connectivity index (χ2n) is 8.47. The van der Waals surface area contributed by atoms with Gasteiger partial charge in [-0.1, -0.05) is 24.3 Å². The second-order valence-corrected chi connectivity index (χ2v) is 8.47. The number of rotatable bonds is 6. The van der Waals surface area contributed by atoms with Crippen LogP contribution in [0.15, 0.2) is 60.8 Å². The smallest absolute Gasteiger partial charge is 0.313 e. The molecule has 2 heterocycles. The number of non-ortho nitro benzene ring substituents is 1. The number of aromatic nitrogens is 1. The highest BCUT2D eigenvalue weighted by atomic mass is 16.6. The lowest BCUT2D eigenvalue weighted by atomic mass is 9.98. The number of hydrogen-bond acceptors (Lipinski definition) is 5. The largest absolute Gasteiger partial charge is 0.353 e. The molecular weight excluding hydrogens is 434 g/mol. The fourth-order valence-corrected chi connectivity index (χ4v) is 4.38. The summed E-state index contributed by atoms with van der Waals surface area (Å²) in [5.74, 6) is -1.57. The Kier molecular flexibility index (Phi) is 6.74. The number of carbonyl (C=O) groups is 2. The van der Waals surface area contributed by atoms with Gasteiger partial charge in [-0.05, 0) is 48.2 Å². The molecule has 0 bridgehead atoms. The first-order valence-electron chi connectivity index (χ1n) is 11.1. The van der Waals surface area contributed by atoms with Gasteiger partial charge in [0, 0.05) is 56.4 Å². The minimum Gasteiger partial charge on any atom is -0.353 e. The number of hydrogen-bond donors (Lipinski definition) is 2. The molecule has 176 valence electrons. The van der Waals surface area contributed by atoms with Crippen LogP contribution in [-0.2, 0) is 29.6 Å². The van der Waals surface area contributed by atoms with Gasteiger partial charge in [-0.15, -0.1) is 0 Å². The molecule has 1 atom stereocenters. The number of nitrogens with one attached hydrogen (secondary N) is 2. The molecule has 1 unspecified atom stereocenters. The quantitative estimate of drug-likeness (QED) is 0.333. The zero-order chi connectivity index (χ0) is 24.2. The molecule has 9 heteroatoms. The second kappa shape index (κ2) is 9.88. The third kappa shape index (κ3) is 4.99. The van der Waals surface area contributed by atoms with Crippen molar-refractivity contribution >= 4 is 23.2 Å². The molecule has 0 aliphatic carbocycles. The standard InChI is InChI=1S/C25H27N5O4/c1-17-14-20(30(33)34)9-10-21(17)27-25(32)24(31)26-15-23(22-8-5-12-28(22)2)29-13-11-18-6-3-4-7-19(18)16-29/h3-10,12,14,23H,11,13,15-16H2,1-2H3,(H,26,31)(H,27,32). The van der Waals surface area contributed by atoms with Crippen molar-refractivity contribution in [3.63, 3.8) is 0 Å². The molecule has 0 spiro atoms. The van der Waals surface area contributed by atoms with Crippen molar-refractivity contribution in [2.75, 3.05) is 18.4 Å². The molecule has 0 fully saturated rings. The van der Waals surface area contributed by atoms with E-state index in [-0.39, 0.29) is 18.3 Å². The zero-order valence-corrected chi connectivity index (χ0v) is 19.2. The van der Waals surface area contributed by atoms with Gasteiger partial charge in [-0.3, -0.25) is 24.6 Å². The van der Waals surface area contributed by atoms with E-state index in [1.807, 2.05) is 36.0 Å². The lowest BCUT2D eigenvalue weighted by Gasteiger charge is -2.36. The van der Waals surface area contributed by atoms with E-state index >= 15 is 0 Å². The molecule has 0 radical (unpaired) electrons. The fraction of sp³-hybridized carbons (Fsp3) is 0.280. The van der Waals surface area contributed by atoms with Crippen LogP contribution in [0.1, 0.15) is 28.4 Å². The summed E-state index contributed by atoms with van der Waals surface area (Å²) in [6.07, 6.45) is 2.89. The average molecular weight is 462 g/mol. The van der Waals surface area contributed by atoms with Gasteiger partial charge < -0.3 is 15.2 Å². The number of nitro groups is 1. The maximum absolute atomic E-state index is 12.6. The van der Waals surface area contributed by atoms with Gasteiger partial charge in [0.25, 0.3) is 5.69 Å². The average Bonchev–Trinajstić information content (AvgIpc) is 3.25. The summed E-state index contributed by atoms with van der Waals surface area (Å²) in [5.41, 5.74) is 4.44. The highest BCUT2D eigenvalue weighted by Gasteiger charge is 2.27. The van der Waals surface area contributed by atoms with Gasteiger partial charge >= 0.3 is 11.8 Å². The van der Waals surface area contributed by atoms with Gasteiger partial charge in [0.1, 0.15) is 0 Å². The van der Waals surface area contributed by atoms with Gasteiger partial charge in [-0.25, -0.2) is 0 Å². The highest BCUT2D eigenvalue weighted by molar-refractivity contribution is 6.39. The van der Waals surface area contributed by atoms with Crippen LogP contribution in [0, 0.1) is 17.0 Å². The van der Waals surface area contributed by atoms with Crippen LogP contribution < -0.4 is 10.6 Å². The first kappa shape index (κ1) is 23.2. The van der Waals surface area contributed by atoms with Crippen molar-refractivity contribution in [3.05, 3.63) is 93.3 Å². The Bertz CT molecular complexity index is 1240. The van der Waals surface area contributed by atoms with Crippen molar-refractivity contribution in [3.8, 4) is 0 Å². The van der Waals surface area contributed by atoms with Crippen LogP contribution in [-0.4, -0.2) is 39.3 Å². The third-order valence-electron chi connectivity index (χ3n) is 6.26. The zero-order valence-electron chi connectivity index (χ0n) is 19.2. The molecule has 2 amide bonds. The van der Waals surface area contributed by atoms with Crippen LogP contribution in [0.5, 0.6) is 0 Å². The van der Waals surface area contributed by atoms with Crippen molar-refractivity contribution in [1.82, 2.24) is 14.8 Å². The summed E-state index contributed by atoms with van der Waals surface area (Å²) in [6, 6.07) is 16.3. The number of anilines is 1. The van der Waals surface area contributed by atoms with E-state index in [0.717, 1.165) is 25.2 Å². The van der Waals surface area contributed by atoms with Crippen LogP contribution in [0.2, 0.25) is 0 Å². The predicted molar refractivity (Wildman–Crippen MR) is 128 cm³/mol. The number of fused-ring (bicyclic) bond motifs is 1. The summed E-state index contributed by atoms with van der Waals surface area (Å²) in [5, 5.41) is 16.2. The Labute approximate surface area is 197 Å². The van der Waals surface area contributed by atoms with E-state index in [4.69, 9.17) is 0 Å². The molecule has 2 aromatic carbocycles. The Balaban J connectivity index is 1.44. The lowest BCUT2D eigenvalue weighted by molar-refractivity contribution is -0.384. The fourth-order valence-electron chi connectivity index (χ4n) is 4.38. The van der Waals surface area contributed by atoms with E-state index in [1.54, 1.807) is 6.92 Å². The van der Waals surface area contributed by atoms with E-state index < -0.39 is 16.7 Å². The van der Waals surface area contributed by atoms with Gasteiger partial charge in [-0.2, -0.15) is 0 Å². The monoisotopic (exact) mass is 461 g/mol. The van der Waals surface area contributed by atoms with E-state index in [2.05, 4.69) is 33.7 Å². The molecule has 1 aliphatic rings. The first-order chi connectivity index (χ1) is 16.3. The van der Waals surface area contributed by atoms with Gasteiger partial charge in [0.2, 0.25) is 0 Å². The van der Waals surface area contributed by atoms with Crippen molar-refractivity contribution in [1.29, 1.82) is 0 Å². The van der Waals surface area contributed by atoms with E-state index in [9.17, 15) is 19.7 Å². The molecule has 9 nitrogen and oxygen atoms in total. The number of carbonyl (C=O) groups excluding carboxylic acids is 2. The van der Waals surface area contributed by atoms with Crippen LogP contribution >= 0.6 is 0 Å². The Hall–Kier alpha value is -3.98. The maximum Gasteiger partial charge on any atom is 0.313 e. The summed E-state index contributed by atoms with van der Waals surface area (Å²) in [4.78, 5) is 37.9. The summed E-state index contributed by atoms with van der Waals surface area (Å²) >= 11 is 0. The Morgan fingerprint density at radius 2 is 1.85 bits per heavy atom. The summed E-state index contributed by atoms with van der Waals surface area (Å²) in [7, 11) is 1.96. The SMILES string of the molecule is Cc1cc([N+](=O)[O-])ccc1NC(=O)C(=O)NCC(c1cccn1C)N1CCc2ccccc2C1. The number of aryl methyl sites for hydroxylation is 2. The molecule has 1 aliphatic heterocycles. The summed E-state index contributed by atoms with van der Waals surface area (Å²) < 4.78 is 2.03. The number of amides is 2. The Morgan fingerprint density at radius 1 is 1.09 bits per heavy atom. The molecular formula is C25H27N5O4. The van der Waals surface area contributed by atoms with Crippen LogP contribution in [0.3, 0.4) is 0 Å². The molecule has 0 saturated carbocycles. The molecule has 0 saturated heterocycles. The number of benzene rings is 2. The van der Waals surface area contributed by atoms with Crippen molar-refractivity contribution in [2.45, 2.75) is 25.9 Å². The van der Waals surface area contributed by atoms with Crippen LogP contribution in [0.4, 0.5) is 11.4 Å². The maximum atomic E-state index is 12.6.